The van der Waals surface area contributed by atoms with Crippen LogP contribution in [-0.4, -0.2) is 17.6 Å². The lowest BCUT2D eigenvalue weighted by Crippen LogP contribution is -2.33. The van der Waals surface area contributed by atoms with Gasteiger partial charge in [-0.05, 0) is 0 Å². The number of hydrogen-bond acceptors (Lipinski definition) is 3. The van der Waals surface area contributed by atoms with Gasteiger partial charge in [0, 0.05) is 12.1 Å². The van der Waals surface area contributed by atoms with Crippen LogP contribution in [0, 0.1) is 0 Å². The Labute approximate surface area is 62.8 Å². The highest BCUT2D eigenvalue weighted by molar-refractivity contribution is 5.96. The van der Waals surface area contributed by atoms with Gasteiger partial charge in [0.1, 0.15) is 12.4 Å². The van der Waals surface area contributed by atoms with E-state index in [9.17, 15) is 9.90 Å². The summed E-state index contributed by atoms with van der Waals surface area (Å²) in [6.07, 6.45) is 2.12. The molecule has 58 valence electrons. The maximum atomic E-state index is 11.0. The van der Waals surface area contributed by atoms with Crippen molar-refractivity contribution < 1.29 is 14.3 Å². The molecule has 1 aromatic heterocycles. The van der Waals surface area contributed by atoms with E-state index in [-0.39, 0.29) is 12.5 Å². The summed E-state index contributed by atoms with van der Waals surface area (Å²) >= 11 is 0. The van der Waals surface area contributed by atoms with Crippen LogP contribution in [0.3, 0.4) is 0 Å². The molecule has 1 amide bonds. The van der Waals surface area contributed by atoms with E-state index >= 15 is 0 Å². The molecule has 0 spiro atoms. The number of hydrogen-bond donors (Lipinski definition) is 2. The smallest absolute Gasteiger partial charge is 0.255 e. The molecule has 0 aromatic carbocycles. The summed E-state index contributed by atoms with van der Waals surface area (Å²) in [4.78, 5) is 11.0. The molecule has 2 N–H and O–H groups in total. The summed E-state index contributed by atoms with van der Waals surface area (Å²) in [6.45, 7) is 0.269. The van der Waals surface area contributed by atoms with Crippen molar-refractivity contribution in [1.82, 2.24) is 5.32 Å². The monoisotopic (exact) mass is 153 g/mol. The fourth-order valence-corrected chi connectivity index (χ4v) is 1.14. The van der Waals surface area contributed by atoms with Crippen LogP contribution in [0.1, 0.15) is 22.0 Å². The molecule has 0 aliphatic carbocycles. The molecule has 0 radical (unpaired) electrons. The Hall–Kier alpha value is -1.29. The molecular formula is C7H7NO3. The normalized spacial score (nSPS) is 22.6. The van der Waals surface area contributed by atoms with Crippen molar-refractivity contribution in [2.75, 3.05) is 6.54 Å². The standard InChI is InChI=1S/C7H7NO3/c9-6-1-8-7(10)5-3-11-2-4(5)6/h2-3,6,9H,1H2,(H,8,10). The number of nitrogens with one attached hydrogen (secondary N) is 1. The highest BCUT2D eigenvalue weighted by Gasteiger charge is 2.24. The summed E-state index contributed by atoms with van der Waals surface area (Å²) in [6, 6.07) is 0. The second kappa shape index (κ2) is 2.10. The predicted molar refractivity (Wildman–Crippen MR) is 36.0 cm³/mol. The first-order valence-electron chi connectivity index (χ1n) is 3.31. The molecule has 1 aliphatic rings. The Morgan fingerprint density at radius 1 is 1.64 bits per heavy atom. The van der Waals surface area contributed by atoms with Crippen LogP contribution in [0.4, 0.5) is 0 Å². The summed E-state index contributed by atoms with van der Waals surface area (Å²) in [5.41, 5.74) is 1.01. The average Bonchev–Trinajstić information content (AvgIpc) is 2.45. The van der Waals surface area contributed by atoms with E-state index < -0.39 is 6.10 Å². The summed E-state index contributed by atoms with van der Waals surface area (Å²) in [5, 5.41) is 11.8. The third-order valence-electron chi connectivity index (χ3n) is 1.75. The maximum Gasteiger partial charge on any atom is 0.255 e. The van der Waals surface area contributed by atoms with Gasteiger partial charge in [0.2, 0.25) is 0 Å². The molecule has 0 saturated heterocycles. The molecule has 0 fully saturated rings. The first-order valence-corrected chi connectivity index (χ1v) is 3.31. The van der Waals surface area contributed by atoms with E-state index in [2.05, 4.69) is 5.32 Å². The SMILES string of the molecule is O=C1NCC(O)c2cocc21. The molecule has 1 atom stereocenters. The molecule has 4 nitrogen and oxygen atoms in total. The van der Waals surface area contributed by atoms with Crippen molar-refractivity contribution in [2.45, 2.75) is 6.10 Å². The van der Waals surface area contributed by atoms with Gasteiger partial charge >= 0.3 is 0 Å². The number of β-amino-alcohol motifs (C(OH)–C–C–N with tert-alkyl or cyclic N) is 1. The highest BCUT2D eigenvalue weighted by Crippen LogP contribution is 2.21. The van der Waals surface area contributed by atoms with Crippen LogP contribution in [0.2, 0.25) is 0 Å². The molecule has 0 bridgehead atoms. The topological polar surface area (TPSA) is 62.5 Å². The molecule has 4 heteroatoms. The minimum Gasteiger partial charge on any atom is -0.471 e. The van der Waals surface area contributed by atoms with Crippen molar-refractivity contribution in [3.63, 3.8) is 0 Å². The molecule has 1 aromatic rings. The van der Waals surface area contributed by atoms with Crippen LogP contribution >= 0.6 is 0 Å². The largest absolute Gasteiger partial charge is 0.471 e. The van der Waals surface area contributed by atoms with E-state index in [1.54, 1.807) is 0 Å². The number of aliphatic hydroxyl groups is 1. The first-order chi connectivity index (χ1) is 5.29. The second-order valence-electron chi connectivity index (χ2n) is 2.47. The van der Waals surface area contributed by atoms with Gasteiger partial charge in [0.15, 0.2) is 0 Å². The number of fused-ring (bicyclic) bond motifs is 1. The fourth-order valence-electron chi connectivity index (χ4n) is 1.14. The van der Waals surface area contributed by atoms with Gasteiger partial charge in [-0.1, -0.05) is 0 Å². The number of aliphatic hydroxyl groups excluding tert-OH is 1. The Kier molecular flexibility index (Phi) is 1.22. The fraction of sp³-hybridized carbons (Fsp3) is 0.286. The van der Waals surface area contributed by atoms with Gasteiger partial charge in [0.05, 0.1) is 11.8 Å². The van der Waals surface area contributed by atoms with Crippen molar-refractivity contribution in [2.24, 2.45) is 0 Å². The van der Waals surface area contributed by atoms with Crippen molar-refractivity contribution >= 4 is 5.91 Å². The summed E-state index contributed by atoms with van der Waals surface area (Å²) in [7, 11) is 0. The highest BCUT2D eigenvalue weighted by atomic mass is 16.3. The van der Waals surface area contributed by atoms with Crippen LogP contribution < -0.4 is 5.32 Å². The minimum atomic E-state index is -0.624. The van der Waals surface area contributed by atoms with Gasteiger partial charge in [-0.3, -0.25) is 4.79 Å². The maximum absolute atomic E-state index is 11.0. The van der Waals surface area contributed by atoms with E-state index in [1.165, 1.54) is 12.5 Å². The Morgan fingerprint density at radius 2 is 2.45 bits per heavy atom. The zero-order valence-corrected chi connectivity index (χ0v) is 5.70. The first kappa shape index (κ1) is 6.42. The van der Waals surface area contributed by atoms with E-state index in [0.29, 0.717) is 11.1 Å². The molecule has 2 heterocycles. The number of rotatable bonds is 0. The molecule has 2 rings (SSSR count). The Morgan fingerprint density at radius 3 is 3.18 bits per heavy atom. The zero-order valence-electron chi connectivity index (χ0n) is 5.70. The van der Waals surface area contributed by atoms with Gasteiger partial charge in [0.25, 0.3) is 5.91 Å². The van der Waals surface area contributed by atoms with Crippen molar-refractivity contribution in [3.8, 4) is 0 Å². The zero-order chi connectivity index (χ0) is 7.84. The quantitative estimate of drug-likeness (QED) is 0.553. The summed E-state index contributed by atoms with van der Waals surface area (Å²) < 4.78 is 4.79. The average molecular weight is 153 g/mol. The lowest BCUT2D eigenvalue weighted by atomic mass is 10.0. The van der Waals surface area contributed by atoms with Crippen LogP contribution in [0.25, 0.3) is 0 Å². The lowest BCUT2D eigenvalue weighted by molar-refractivity contribution is 0.0878. The predicted octanol–water partition coefficient (Wildman–Crippen LogP) is 0.0564. The van der Waals surface area contributed by atoms with Crippen LogP contribution in [-0.2, 0) is 0 Å². The molecule has 11 heavy (non-hydrogen) atoms. The van der Waals surface area contributed by atoms with Gasteiger partial charge < -0.3 is 14.8 Å². The van der Waals surface area contributed by atoms with Gasteiger partial charge in [-0.2, -0.15) is 0 Å². The van der Waals surface area contributed by atoms with Gasteiger partial charge in [-0.15, -0.1) is 0 Å². The van der Waals surface area contributed by atoms with Gasteiger partial charge in [-0.25, -0.2) is 0 Å². The second-order valence-corrected chi connectivity index (χ2v) is 2.47. The lowest BCUT2D eigenvalue weighted by Gasteiger charge is -2.16. The van der Waals surface area contributed by atoms with Crippen molar-refractivity contribution in [3.05, 3.63) is 23.7 Å². The number of carbonyl (C=O) groups excluding carboxylic acids is 1. The minimum absolute atomic E-state index is 0.181. The number of carbonyl (C=O) groups is 1. The third kappa shape index (κ3) is 0.832. The summed E-state index contributed by atoms with van der Waals surface area (Å²) in [5.74, 6) is -0.181. The molecular weight excluding hydrogens is 146 g/mol. The van der Waals surface area contributed by atoms with E-state index in [4.69, 9.17) is 4.42 Å². The molecule has 0 saturated carbocycles. The van der Waals surface area contributed by atoms with Crippen LogP contribution in [0.5, 0.6) is 0 Å². The van der Waals surface area contributed by atoms with Crippen LogP contribution in [0.15, 0.2) is 16.9 Å². The number of amides is 1. The third-order valence-corrected chi connectivity index (χ3v) is 1.75. The van der Waals surface area contributed by atoms with E-state index in [1.807, 2.05) is 0 Å². The molecule has 1 aliphatic heterocycles. The van der Waals surface area contributed by atoms with E-state index in [0.717, 1.165) is 0 Å². The van der Waals surface area contributed by atoms with Crippen molar-refractivity contribution in [1.29, 1.82) is 0 Å². The molecule has 1 unspecified atom stereocenters. The Bertz CT molecular complexity index is 292. The number of furan rings is 1. The Balaban J connectivity index is 2.51.